The van der Waals surface area contributed by atoms with E-state index < -0.39 is 0 Å². The van der Waals surface area contributed by atoms with Gasteiger partial charge in [0.15, 0.2) is 0 Å². The molecule has 0 amide bonds. The Hall–Kier alpha value is -0.980. The van der Waals surface area contributed by atoms with Gasteiger partial charge in [-0.1, -0.05) is 45.2 Å². The van der Waals surface area contributed by atoms with Gasteiger partial charge in [-0.25, -0.2) is 0 Å². The fourth-order valence-electron chi connectivity index (χ4n) is 4.11. The molecule has 2 fully saturated rings. The van der Waals surface area contributed by atoms with E-state index in [1.165, 1.54) is 88.2 Å². The second-order valence-electron chi connectivity index (χ2n) is 9.04. The zero-order valence-electron chi connectivity index (χ0n) is 15.9. The number of phenols is 1. The minimum Gasteiger partial charge on any atom is -0.508 e. The molecular weight excluding hydrogens is 292 g/mol. The summed E-state index contributed by atoms with van der Waals surface area (Å²) in [5.74, 6) is 0.499. The van der Waals surface area contributed by atoms with Gasteiger partial charge in [0.1, 0.15) is 5.75 Å². The number of aromatic hydroxyl groups is 1. The van der Waals surface area contributed by atoms with E-state index in [9.17, 15) is 5.11 Å². The van der Waals surface area contributed by atoms with Crippen LogP contribution in [0.3, 0.4) is 0 Å². The highest BCUT2D eigenvalue weighted by Crippen LogP contribution is 2.52. The molecule has 1 aromatic carbocycles. The lowest BCUT2D eigenvalue weighted by atomic mass is 9.94. The van der Waals surface area contributed by atoms with Crippen molar-refractivity contribution >= 4 is 0 Å². The van der Waals surface area contributed by atoms with Crippen LogP contribution in [0.15, 0.2) is 18.2 Å². The molecule has 0 aliphatic heterocycles. The van der Waals surface area contributed by atoms with Crippen LogP contribution in [-0.2, 0) is 12.8 Å². The summed E-state index contributed by atoms with van der Waals surface area (Å²) >= 11 is 0. The van der Waals surface area contributed by atoms with Crippen molar-refractivity contribution in [2.75, 3.05) is 0 Å². The van der Waals surface area contributed by atoms with E-state index in [0.717, 1.165) is 11.8 Å². The van der Waals surface area contributed by atoms with Crippen molar-refractivity contribution in [1.82, 2.24) is 0 Å². The van der Waals surface area contributed by atoms with Gasteiger partial charge in [0.05, 0.1) is 0 Å². The van der Waals surface area contributed by atoms with Gasteiger partial charge in [0.2, 0.25) is 0 Å². The fraction of sp³-hybridized carbons (Fsp3) is 0.739. The molecule has 0 heterocycles. The zero-order valence-corrected chi connectivity index (χ0v) is 15.9. The van der Waals surface area contributed by atoms with Gasteiger partial charge in [-0.05, 0) is 92.2 Å². The Morgan fingerprint density at radius 1 is 0.917 bits per heavy atom. The smallest absolute Gasteiger partial charge is 0.118 e. The van der Waals surface area contributed by atoms with E-state index in [1.807, 2.05) is 6.07 Å². The Morgan fingerprint density at radius 2 is 1.62 bits per heavy atom. The lowest BCUT2D eigenvalue weighted by molar-refractivity contribution is 0.426. The molecule has 134 valence electrons. The van der Waals surface area contributed by atoms with Gasteiger partial charge < -0.3 is 5.11 Å². The van der Waals surface area contributed by atoms with Gasteiger partial charge in [0.25, 0.3) is 0 Å². The molecule has 1 nitrogen and oxygen atoms in total. The molecular formula is C23H36O. The Bertz CT molecular complexity index is 537. The molecule has 0 radical (unpaired) electrons. The van der Waals surface area contributed by atoms with Crippen LogP contribution in [0.25, 0.3) is 0 Å². The second-order valence-corrected chi connectivity index (χ2v) is 9.04. The molecule has 0 aromatic heterocycles. The van der Waals surface area contributed by atoms with E-state index in [2.05, 4.69) is 26.0 Å². The first kappa shape index (κ1) is 17.8. The second kappa shape index (κ2) is 7.50. The van der Waals surface area contributed by atoms with E-state index in [0.29, 0.717) is 11.2 Å². The highest BCUT2D eigenvalue weighted by Gasteiger charge is 2.39. The number of unbranched alkanes of at least 4 members (excludes halogenated alkanes) is 2. The van der Waals surface area contributed by atoms with Crippen LogP contribution >= 0.6 is 0 Å². The van der Waals surface area contributed by atoms with Crippen LogP contribution in [0.5, 0.6) is 5.75 Å². The Kier molecular flexibility index (Phi) is 5.57. The maximum absolute atomic E-state index is 10.1. The number of aryl methyl sites for hydroxylation is 2. The first-order chi connectivity index (χ1) is 11.5. The Morgan fingerprint density at radius 3 is 2.29 bits per heavy atom. The van der Waals surface area contributed by atoms with Gasteiger partial charge in [-0.15, -0.1) is 0 Å². The quantitative estimate of drug-likeness (QED) is 0.442. The number of hydrogen-bond acceptors (Lipinski definition) is 1. The summed E-state index contributed by atoms with van der Waals surface area (Å²) < 4.78 is 0. The highest BCUT2D eigenvalue weighted by atomic mass is 16.3. The normalized spacial score (nSPS) is 20.1. The third kappa shape index (κ3) is 5.01. The Balaban J connectivity index is 1.39. The van der Waals surface area contributed by atoms with E-state index >= 15 is 0 Å². The molecule has 1 heteroatoms. The number of benzene rings is 1. The van der Waals surface area contributed by atoms with E-state index in [-0.39, 0.29) is 0 Å². The van der Waals surface area contributed by atoms with E-state index in [1.54, 1.807) is 0 Å². The molecule has 2 saturated carbocycles. The summed E-state index contributed by atoms with van der Waals surface area (Å²) in [4.78, 5) is 0. The van der Waals surface area contributed by atoms with Crippen molar-refractivity contribution in [2.45, 2.75) is 97.3 Å². The number of rotatable bonds is 11. The number of hydrogen-bond donors (Lipinski definition) is 1. The topological polar surface area (TPSA) is 20.2 Å². The lowest BCUT2D eigenvalue weighted by Crippen LogP contribution is -1.98. The predicted molar refractivity (Wildman–Crippen MR) is 103 cm³/mol. The van der Waals surface area contributed by atoms with Crippen LogP contribution in [0.2, 0.25) is 0 Å². The van der Waals surface area contributed by atoms with Gasteiger partial charge in [-0.3, -0.25) is 0 Å². The first-order valence-electron chi connectivity index (χ1n) is 10.4. The van der Waals surface area contributed by atoms with Crippen molar-refractivity contribution in [3.05, 3.63) is 29.3 Å². The molecule has 0 atom stereocenters. The summed E-state index contributed by atoms with van der Waals surface area (Å²) in [5, 5.41) is 10.1. The molecule has 0 bridgehead atoms. The molecule has 24 heavy (non-hydrogen) atoms. The van der Waals surface area contributed by atoms with Crippen molar-refractivity contribution in [3.63, 3.8) is 0 Å². The molecule has 0 saturated heterocycles. The summed E-state index contributed by atoms with van der Waals surface area (Å²) in [6.07, 6.45) is 17.3. The molecule has 1 aromatic rings. The van der Waals surface area contributed by atoms with Crippen LogP contribution < -0.4 is 0 Å². The van der Waals surface area contributed by atoms with Crippen LogP contribution in [0.1, 0.15) is 95.6 Å². The van der Waals surface area contributed by atoms with Crippen molar-refractivity contribution < 1.29 is 5.11 Å². The van der Waals surface area contributed by atoms with Crippen molar-refractivity contribution in [2.24, 2.45) is 10.8 Å². The maximum atomic E-state index is 10.1. The Labute approximate surface area is 148 Å². The third-order valence-electron chi connectivity index (χ3n) is 6.85. The van der Waals surface area contributed by atoms with Gasteiger partial charge >= 0.3 is 0 Å². The molecule has 0 unspecified atom stereocenters. The monoisotopic (exact) mass is 328 g/mol. The summed E-state index contributed by atoms with van der Waals surface area (Å²) in [6.45, 7) is 4.76. The summed E-state index contributed by atoms with van der Waals surface area (Å²) in [7, 11) is 0. The van der Waals surface area contributed by atoms with Crippen LogP contribution in [-0.4, -0.2) is 5.11 Å². The highest BCUT2D eigenvalue weighted by molar-refractivity contribution is 5.36. The fourth-order valence-corrected chi connectivity index (χ4v) is 4.11. The van der Waals surface area contributed by atoms with Crippen LogP contribution in [0.4, 0.5) is 0 Å². The average molecular weight is 329 g/mol. The molecule has 2 aliphatic carbocycles. The maximum Gasteiger partial charge on any atom is 0.118 e. The van der Waals surface area contributed by atoms with Crippen molar-refractivity contribution in [1.29, 1.82) is 0 Å². The molecule has 3 rings (SSSR count). The summed E-state index contributed by atoms with van der Waals surface area (Å²) in [5.41, 5.74) is 3.98. The van der Waals surface area contributed by atoms with E-state index in [4.69, 9.17) is 0 Å². The minimum absolute atomic E-state index is 0.499. The SMILES string of the molecule is CCC1(CCCCc2ccc(O)c(CCCCC3(C)CC3)c2)CC1. The zero-order chi connectivity index (χ0) is 17.0. The largest absolute Gasteiger partial charge is 0.508 e. The molecule has 2 aliphatic rings. The van der Waals surface area contributed by atoms with Crippen molar-refractivity contribution in [3.8, 4) is 5.75 Å². The van der Waals surface area contributed by atoms with Gasteiger partial charge in [0, 0.05) is 0 Å². The van der Waals surface area contributed by atoms with Gasteiger partial charge in [-0.2, -0.15) is 0 Å². The number of phenolic OH excluding ortho intramolecular Hbond substituents is 1. The minimum atomic E-state index is 0.499. The summed E-state index contributed by atoms with van der Waals surface area (Å²) in [6, 6.07) is 6.30. The first-order valence-corrected chi connectivity index (χ1v) is 10.4. The molecule has 0 spiro atoms. The average Bonchev–Trinajstić information content (AvgIpc) is 3.49. The predicted octanol–water partition coefficient (Wildman–Crippen LogP) is 6.81. The standard InChI is InChI=1S/C23H36O/c1-3-23(16-17-23)13-7-4-8-19-10-11-21(24)20(18-19)9-5-6-12-22(2)14-15-22/h10-11,18,24H,3-9,12-17H2,1-2H3. The van der Waals surface area contributed by atoms with Crippen LogP contribution in [0, 0.1) is 10.8 Å². The molecule has 1 N–H and O–H groups in total. The third-order valence-corrected chi connectivity index (χ3v) is 6.85. The lowest BCUT2D eigenvalue weighted by Gasteiger charge is -2.12.